The maximum Gasteiger partial charge on any atom is 0.337 e. The van der Waals surface area contributed by atoms with Gasteiger partial charge in [-0.1, -0.05) is 41.9 Å². The lowest BCUT2D eigenvalue weighted by Gasteiger charge is -2.08. The quantitative estimate of drug-likeness (QED) is 0.658. The Hall–Kier alpha value is -2.70. The highest BCUT2D eigenvalue weighted by molar-refractivity contribution is 7.13. The third-order valence-corrected chi connectivity index (χ3v) is 4.85. The Balaban J connectivity index is 1.70. The Labute approximate surface area is 159 Å². The molecule has 1 aromatic heterocycles. The van der Waals surface area contributed by atoms with E-state index in [1.54, 1.807) is 6.07 Å². The fraction of sp³-hybridized carbons (Fsp3) is 0.105. The molecule has 0 aliphatic rings. The SMILES string of the molecule is COC(=O)c1ccc(Cl)c(NC(=O)Cc2csc(-c3ccccc3)n2)c1. The van der Waals surface area contributed by atoms with Crippen LogP contribution in [0.15, 0.2) is 53.9 Å². The van der Waals surface area contributed by atoms with Crippen LogP contribution in [0.2, 0.25) is 5.02 Å². The second-order valence-corrected chi connectivity index (χ2v) is 6.69. The van der Waals surface area contributed by atoms with Gasteiger partial charge in [0.15, 0.2) is 0 Å². The fourth-order valence-corrected chi connectivity index (χ4v) is 3.32. The smallest absolute Gasteiger partial charge is 0.337 e. The molecule has 0 saturated carbocycles. The topological polar surface area (TPSA) is 68.3 Å². The normalized spacial score (nSPS) is 10.4. The third-order valence-electron chi connectivity index (χ3n) is 3.58. The molecule has 0 aliphatic carbocycles. The molecule has 1 amide bonds. The molecule has 7 heteroatoms. The van der Waals surface area contributed by atoms with E-state index in [9.17, 15) is 9.59 Å². The number of aromatic nitrogens is 1. The molecular formula is C19H15ClN2O3S. The molecule has 0 saturated heterocycles. The zero-order valence-electron chi connectivity index (χ0n) is 13.9. The number of halogens is 1. The Kier molecular flexibility index (Phi) is 5.65. The summed E-state index contributed by atoms with van der Waals surface area (Å²) >= 11 is 7.58. The summed E-state index contributed by atoms with van der Waals surface area (Å²) < 4.78 is 4.67. The van der Waals surface area contributed by atoms with Crippen molar-refractivity contribution in [3.05, 3.63) is 70.2 Å². The fourth-order valence-electron chi connectivity index (χ4n) is 2.33. The van der Waals surface area contributed by atoms with Gasteiger partial charge in [-0.25, -0.2) is 9.78 Å². The summed E-state index contributed by atoms with van der Waals surface area (Å²) in [6.45, 7) is 0. The first-order valence-corrected chi connectivity index (χ1v) is 9.00. The van der Waals surface area contributed by atoms with Crippen molar-refractivity contribution in [2.75, 3.05) is 12.4 Å². The number of esters is 1. The van der Waals surface area contributed by atoms with Gasteiger partial charge in [-0.15, -0.1) is 11.3 Å². The van der Waals surface area contributed by atoms with Crippen molar-refractivity contribution < 1.29 is 14.3 Å². The van der Waals surface area contributed by atoms with E-state index in [0.29, 0.717) is 22.0 Å². The number of benzene rings is 2. The largest absolute Gasteiger partial charge is 0.465 e. The molecule has 0 spiro atoms. The minimum absolute atomic E-state index is 0.113. The van der Waals surface area contributed by atoms with E-state index in [1.165, 1.54) is 30.6 Å². The molecule has 1 heterocycles. The van der Waals surface area contributed by atoms with E-state index in [0.717, 1.165) is 10.6 Å². The van der Waals surface area contributed by atoms with Crippen LogP contribution in [0, 0.1) is 0 Å². The summed E-state index contributed by atoms with van der Waals surface area (Å²) in [7, 11) is 1.29. The predicted molar refractivity (Wildman–Crippen MR) is 103 cm³/mol. The van der Waals surface area contributed by atoms with Gasteiger partial charge in [-0.3, -0.25) is 4.79 Å². The van der Waals surface area contributed by atoms with E-state index < -0.39 is 5.97 Å². The molecule has 0 bridgehead atoms. The Morgan fingerprint density at radius 1 is 1.19 bits per heavy atom. The minimum Gasteiger partial charge on any atom is -0.465 e. The van der Waals surface area contributed by atoms with Crippen molar-refractivity contribution in [2.45, 2.75) is 6.42 Å². The molecule has 0 radical (unpaired) electrons. The molecule has 5 nitrogen and oxygen atoms in total. The van der Waals surface area contributed by atoms with Gasteiger partial charge >= 0.3 is 5.97 Å². The summed E-state index contributed by atoms with van der Waals surface area (Å²) in [6, 6.07) is 14.3. The van der Waals surface area contributed by atoms with Crippen LogP contribution in [0.5, 0.6) is 0 Å². The monoisotopic (exact) mass is 386 g/mol. The van der Waals surface area contributed by atoms with Crippen molar-refractivity contribution in [1.82, 2.24) is 4.98 Å². The lowest BCUT2D eigenvalue weighted by Crippen LogP contribution is -2.15. The lowest BCUT2D eigenvalue weighted by molar-refractivity contribution is -0.115. The molecule has 0 aliphatic heterocycles. The van der Waals surface area contributed by atoms with Gasteiger partial charge in [0.05, 0.1) is 35.5 Å². The van der Waals surface area contributed by atoms with Gasteiger partial charge < -0.3 is 10.1 Å². The van der Waals surface area contributed by atoms with Gasteiger partial charge in [0, 0.05) is 10.9 Å². The number of thiazole rings is 1. The number of amides is 1. The third kappa shape index (κ3) is 4.28. The first-order chi connectivity index (χ1) is 12.6. The van der Waals surface area contributed by atoms with Crippen molar-refractivity contribution in [3.63, 3.8) is 0 Å². The Morgan fingerprint density at radius 3 is 2.69 bits per heavy atom. The average Bonchev–Trinajstić information content (AvgIpc) is 3.12. The van der Waals surface area contributed by atoms with Crippen LogP contribution in [0.3, 0.4) is 0 Å². The highest BCUT2D eigenvalue weighted by atomic mass is 35.5. The first kappa shape index (κ1) is 18.1. The maximum absolute atomic E-state index is 12.3. The highest BCUT2D eigenvalue weighted by Gasteiger charge is 2.13. The number of nitrogens with zero attached hydrogens (tertiary/aromatic N) is 1. The number of carbonyl (C=O) groups is 2. The van der Waals surface area contributed by atoms with Crippen LogP contribution in [0.25, 0.3) is 10.6 Å². The molecule has 0 atom stereocenters. The summed E-state index contributed by atoms with van der Waals surface area (Å²) in [5.74, 6) is -0.761. The van der Waals surface area contributed by atoms with Crippen LogP contribution in [0.1, 0.15) is 16.1 Å². The van der Waals surface area contributed by atoms with Crippen LogP contribution in [0.4, 0.5) is 5.69 Å². The lowest BCUT2D eigenvalue weighted by atomic mass is 10.2. The summed E-state index contributed by atoms with van der Waals surface area (Å²) in [4.78, 5) is 28.4. The number of ether oxygens (including phenoxy) is 1. The number of carbonyl (C=O) groups excluding carboxylic acids is 2. The van der Waals surface area contributed by atoms with Gasteiger partial charge in [-0.05, 0) is 18.2 Å². The second kappa shape index (κ2) is 8.12. The number of methoxy groups -OCH3 is 1. The zero-order chi connectivity index (χ0) is 18.5. The summed E-state index contributed by atoms with van der Waals surface area (Å²) in [6.07, 6.45) is 0.113. The molecule has 26 heavy (non-hydrogen) atoms. The molecular weight excluding hydrogens is 372 g/mol. The van der Waals surface area contributed by atoms with E-state index in [2.05, 4.69) is 15.0 Å². The molecule has 0 fully saturated rings. The predicted octanol–water partition coefficient (Wildman–Crippen LogP) is 4.43. The number of hydrogen-bond donors (Lipinski definition) is 1. The Bertz CT molecular complexity index is 941. The second-order valence-electron chi connectivity index (χ2n) is 5.42. The number of hydrogen-bond acceptors (Lipinski definition) is 5. The van der Waals surface area contributed by atoms with E-state index in [4.69, 9.17) is 11.6 Å². The van der Waals surface area contributed by atoms with E-state index in [1.807, 2.05) is 35.7 Å². The van der Waals surface area contributed by atoms with Crippen molar-refractivity contribution >= 4 is 40.5 Å². The molecule has 2 aromatic carbocycles. The van der Waals surface area contributed by atoms with Crippen LogP contribution in [-0.2, 0) is 16.0 Å². The Morgan fingerprint density at radius 2 is 1.96 bits per heavy atom. The molecule has 3 aromatic rings. The summed E-state index contributed by atoms with van der Waals surface area (Å²) in [5, 5.41) is 5.77. The number of rotatable bonds is 5. The maximum atomic E-state index is 12.3. The van der Waals surface area contributed by atoms with Crippen molar-refractivity contribution in [3.8, 4) is 10.6 Å². The first-order valence-electron chi connectivity index (χ1n) is 7.74. The summed E-state index contributed by atoms with van der Waals surface area (Å²) in [5.41, 5.74) is 2.36. The van der Waals surface area contributed by atoms with Crippen molar-refractivity contribution in [1.29, 1.82) is 0 Å². The van der Waals surface area contributed by atoms with E-state index >= 15 is 0 Å². The molecule has 3 rings (SSSR count). The highest BCUT2D eigenvalue weighted by Crippen LogP contribution is 2.25. The van der Waals surface area contributed by atoms with E-state index in [-0.39, 0.29) is 12.3 Å². The molecule has 132 valence electrons. The van der Waals surface area contributed by atoms with Crippen LogP contribution >= 0.6 is 22.9 Å². The molecule has 1 N–H and O–H groups in total. The zero-order valence-corrected chi connectivity index (χ0v) is 15.4. The number of anilines is 1. The molecule has 0 unspecified atom stereocenters. The van der Waals surface area contributed by atoms with Crippen molar-refractivity contribution in [2.24, 2.45) is 0 Å². The van der Waals surface area contributed by atoms with Crippen LogP contribution in [-0.4, -0.2) is 24.0 Å². The van der Waals surface area contributed by atoms with Gasteiger partial charge in [0.1, 0.15) is 5.01 Å². The van der Waals surface area contributed by atoms with Crippen LogP contribution < -0.4 is 5.32 Å². The standard InChI is InChI=1S/C19H15ClN2O3S/c1-25-19(24)13-7-8-15(20)16(9-13)22-17(23)10-14-11-26-18(21-14)12-5-3-2-4-6-12/h2-9,11H,10H2,1H3,(H,22,23). The average molecular weight is 387 g/mol. The van der Waals surface area contributed by atoms with Gasteiger partial charge in [-0.2, -0.15) is 0 Å². The number of nitrogens with one attached hydrogen (secondary N) is 1. The minimum atomic E-state index is -0.496. The van der Waals surface area contributed by atoms with Gasteiger partial charge in [0.2, 0.25) is 5.91 Å². The van der Waals surface area contributed by atoms with Gasteiger partial charge in [0.25, 0.3) is 0 Å².